The van der Waals surface area contributed by atoms with Crippen LogP contribution in [0.3, 0.4) is 0 Å². The highest BCUT2D eigenvalue weighted by Gasteiger charge is 2.22. The number of benzene rings is 1. The lowest BCUT2D eigenvalue weighted by molar-refractivity contribution is 0.201. The Bertz CT molecular complexity index is 636. The van der Waals surface area contributed by atoms with Gasteiger partial charge in [0, 0.05) is 10.0 Å². The summed E-state index contributed by atoms with van der Waals surface area (Å²) in [6.07, 6.45) is 0.397. The van der Waals surface area contributed by atoms with E-state index in [9.17, 15) is 5.11 Å². The van der Waals surface area contributed by atoms with Crippen molar-refractivity contribution in [3.63, 3.8) is 0 Å². The first-order valence-electron chi connectivity index (χ1n) is 6.07. The Labute approximate surface area is 130 Å². The summed E-state index contributed by atoms with van der Waals surface area (Å²) in [5.41, 5.74) is 0.859. The van der Waals surface area contributed by atoms with Crippen LogP contribution in [0.2, 0.25) is 0 Å². The average molecular weight is 355 g/mol. The van der Waals surface area contributed by atoms with E-state index in [-0.39, 0.29) is 5.88 Å². The van der Waals surface area contributed by atoms with Gasteiger partial charge in [-0.05, 0) is 12.1 Å². The fraction of sp³-hybridized carbons (Fsp3) is 0.286. The summed E-state index contributed by atoms with van der Waals surface area (Å²) in [4.78, 5) is 8.28. The first-order valence-corrected chi connectivity index (χ1v) is 6.86. The number of hydrogen-bond donors (Lipinski definition) is 1. The Hall–Kier alpha value is -1.86. The van der Waals surface area contributed by atoms with E-state index in [1.54, 1.807) is 12.1 Å². The average Bonchev–Trinajstić information content (AvgIpc) is 2.53. The number of halogens is 1. The predicted molar refractivity (Wildman–Crippen MR) is 79.9 cm³/mol. The summed E-state index contributed by atoms with van der Waals surface area (Å²) in [5.74, 6) is 1.05. The van der Waals surface area contributed by atoms with Crippen molar-refractivity contribution >= 4 is 15.9 Å². The van der Waals surface area contributed by atoms with Gasteiger partial charge in [0.05, 0.1) is 27.5 Å². The van der Waals surface area contributed by atoms with Gasteiger partial charge < -0.3 is 19.3 Å². The Morgan fingerprint density at radius 2 is 1.90 bits per heavy atom. The largest absolute Gasteiger partial charge is 0.496 e. The molecule has 1 unspecified atom stereocenters. The van der Waals surface area contributed by atoms with Crippen molar-refractivity contribution in [2.75, 3.05) is 21.3 Å². The number of methoxy groups -OCH3 is 3. The normalized spacial score (nSPS) is 11.9. The second-order valence-corrected chi connectivity index (χ2v) is 5.01. The van der Waals surface area contributed by atoms with Gasteiger partial charge in [-0.15, -0.1) is 0 Å². The molecule has 112 valence electrons. The van der Waals surface area contributed by atoms with Crippen LogP contribution in [-0.4, -0.2) is 36.4 Å². The van der Waals surface area contributed by atoms with Crippen molar-refractivity contribution in [3.8, 4) is 17.5 Å². The van der Waals surface area contributed by atoms with Crippen LogP contribution in [-0.2, 0) is 0 Å². The molecular weight excluding hydrogens is 340 g/mol. The topological polar surface area (TPSA) is 73.7 Å². The van der Waals surface area contributed by atoms with Gasteiger partial charge in [-0.25, -0.2) is 4.98 Å². The van der Waals surface area contributed by atoms with Gasteiger partial charge in [0.2, 0.25) is 11.8 Å². The smallest absolute Gasteiger partial charge is 0.241 e. The van der Waals surface area contributed by atoms with Crippen LogP contribution in [0.15, 0.2) is 28.9 Å². The molecule has 1 N–H and O–H groups in total. The van der Waals surface area contributed by atoms with Crippen LogP contribution < -0.4 is 14.2 Å². The van der Waals surface area contributed by atoms with E-state index in [1.165, 1.54) is 27.5 Å². The molecule has 7 heteroatoms. The molecule has 2 rings (SSSR count). The zero-order valence-electron chi connectivity index (χ0n) is 11.8. The van der Waals surface area contributed by atoms with Crippen LogP contribution in [0.1, 0.15) is 17.4 Å². The van der Waals surface area contributed by atoms with E-state index in [1.807, 2.05) is 6.07 Å². The van der Waals surface area contributed by atoms with Crippen molar-refractivity contribution in [2.45, 2.75) is 6.10 Å². The Kier molecular flexibility index (Phi) is 4.98. The standard InChI is InChI=1S/C14H15BrN2O4/c1-19-10-6-8(15)4-5-9(10)13(18)12-14(21-3)17-11(20-2)7-16-12/h4-7,13,18H,1-3H3. The second-order valence-electron chi connectivity index (χ2n) is 4.10. The fourth-order valence-corrected chi connectivity index (χ4v) is 2.20. The predicted octanol–water partition coefficient (Wildman–Crippen LogP) is 2.35. The minimum atomic E-state index is -1.03. The van der Waals surface area contributed by atoms with Crippen LogP contribution in [0, 0.1) is 0 Å². The van der Waals surface area contributed by atoms with Gasteiger partial charge in [-0.3, -0.25) is 0 Å². The number of aromatic nitrogens is 2. The third kappa shape index (κ3) is 3.25. The zero-order valence-corrected chi connectivity index (χ0v) is 13.4. The summed E-state index contributed by atoms with van der Waals surface area (Å²) >= 11 is 3.36. The summed E-state index contributed by atoms with van der Waals surface area (Å²) < 4.78 is 16.3. The van der Waals surface area contributed by atoms with Crippen LogP contribution in [0.5, 0.6) is 17.5 Å². The van der Waals surface area contributed by atoms with Gasteiger partial charge in [0.1, 0.15) is 17.5 Å². The number of aliphatic hydroxyl groups is 1. The zero-order chi connectivity index (χ0) is 15.4. The molecule has 1 atom stereocenters. The van der Waals surface area contributed by atoms with Crippen molar-refractivity contribution in [1.82, 2.24) is 9.97 Å². The van der Waals surface area contributed by atoms with Crippen molar-refractivity contribution in [3.05, 3.63) is 40.1 Å². The van der Waals surface area contributed by atoms with E-state index >= 15 is 0 Å². The number of hydrogen-bond acceptors (Lipinski definition) is 6. The number of nitrogens with zero attached hydrogens (tertiary/aromatic N) is 2. The molecule has 21 heavy (non-hydrogen) atoms. The molecule has 0 amide bonds. The summed E-state index contributed by atoms with van der Waals surface area (Å²) in [7, 11) is 4.48. The van der Waals surface area contributed by atoms with Gasteiger partial charge >= 0.3 is 0 Å². The Morgan fingerprint density at radius 3 is 2.52 bits per heavy atom. The van der Waals surface area contributed by atoms with Crippen LogP contribution in [0.4, 0.5) is 0 Å². The molecule has 0 saturated carbocycles. The van der Waals surface area contributed by atoms with Gasteiger partial charge in [-0.1, -0.05) is 22.0 Å². The first-order chi connectivity index (χ1) is 10.1. The third-order valence-electron chi connectivity index (χ3n) is 2.90. The first kappa shape index (κ1) is 15.5. The number of rotatable bonds is 5. The lowest BCUT2D eigenvalue weighted by Crippen LogP contribution is -2.08. The number of ether oxygens (including phenoxy) is 3. The summed E-state index contributed by atoms with van der Waals surface area (Å²) in [6.45, 7) is 0. The van der Waals surface area contributed by atoms with Gasteiger partial charge in [-0.2, -0.15) is 4.98 Å². The minimum Gasteiger partial charge on any atom is -0.496 e. The Balaban J connectivity index is 2.46. The SMILES string of the molecule is COc1cnc(C(O)c2ccc(Br)cc2OC)c(OC)n1. The maximum atomic E-state index is 10.6. The second kappa shape index (κ2) is 6.73. The van der Waals surface area contributed by atoms with E-state index < -0.39 is 6.10 Å². The van der Waals surface area contributed by atoms with E-state index in [0.29, 0.717) is 22.9 Å². The molecule has 0 radical (unpaired) electrons. The quantitative estimate of drug-likeness (QED) is 0.888. The highest BCUT2D eigenvalue weighted by molar-refractivity contribution is 9.10. The molecule has 0 fully saturated rings. The molecule has 1 aromatic carbocycles. The van der Waals surface area contributed by atoms with Crippen LogP contribution in [0.25, 0.3) is 0 Å². The monoisotopic (exact) mass is 354 g/mol. The van der Waals surface area contributed by atoms with Gasteiger partial charge in [0.25, 0.3) is 0 Å². The van der Waals surface area contributed by atoms with Crippen molar-refractivity contribution in [1.29, 1.82) is 0 Å². The molecule has 0 aliphatic heterocycles. The fourth-order valence-electron chi connectivity index (χ4n) is 1.86. The molecule has 0 aliphatic carbocycles. The van der Waals surface area contributed by atoms with Gasteiger partial charge in [0.15, 0.2) is 0 Å². The molecule has 0 saturated heterocycles. The summed E-state index contributed by atoms with van der Waals surface area (Å²) in [6, 6.07) is 5.32. The van der Waals surface area contributed by atoms with Crippen molar-refractivity contribution in [2.24, 2.45) is 0 Å². The highest BCUT2D eigenvalue weighted by Crippen LogP contribution is 2.34. The van der Waals surface area contributed by atoms with E-state index in [0.717, 1.165) is 4.47 Å². The maximum Gasteiger partial charge on any atom is 0.241 e. The molecule has 0 aliphatic rings. The highest BCUT2D eigenvalue weighted by atomic mass is 79.9. The molecule has 2 aromatic rings. The lowest BCUT2D eigenvalue weighted by atomic mass is 10.1. The molecule has 1 aromatic heterocycles. The molecular formula is C14H15BrN2O4. The maximum absolute atomic E-state index is 10.6. The molecule has 1 heterocycles. The van der Waals surface area contributed by atoms with Crippen LogP contribution >= 0.6 is 15.9 Å². The molecule has 0 spiro atoms. The third-order valence-corrected chi connectivity index (χ3v) is 3.39. The Morgan fingerprint density at radius 1 is 1.14 bits per heavy atom. The molecule has 0 bridgehead atoms. The van der Waals surface area contributed by atoms with Crippen molar-refractivity contribution < 1.29 is 19.3 Å². The minimum absolute atomic E-state index is 0.201. The lowest BCUT2D eigenvalue weighted by Gasteiger charge is -2.16. The summed E-state index contributed by atoms with van der Waals surface area (Å²) in [5, 5.41) is 10.6. The van der Waals surface area contributed by atoms with E-state index in [2.05, 4.69) is 25.9 Å². The molecule has 6 nitrogen and oxygen atoms in total. The number of aliphatic hydroxyl groups excluding tert-OH is 1. The van der Waals surface area contributed by atoms with E-state index in [4.69, 9.17) is 14.2 Å².